The number of sulfone groups is 1. The molecule has 1 saturated heterocycles. The minimum Gasteiger partial charge on any atom is -0.488 e. The van der Waals surface area contributed by atoms with E-state index in [-0.39, 0.29) is 22.7 Å². The van der Waals surface area contributed by atoms with Gasteiger partial charge in [0.15, 0.2) is 9.84 Å². The Morgan fingerprint density at radius 1 is 1.21 bits per heavy atom. The van der Waals surface area contributed by atoms with E-state index >= 15 is 0 Å². The molecule has 0 N–H and O–H groups in total. The largest absolute Gasteiger partial charge is 0.488 e. The molecule has 4 rings (SSSR count). The van der Waals surface area contributed by atoms with E-state index in [4.69, 9.17) is 9.47 Å². The number of halogens is 1. The molecule has 9 heteroatoms. The molecule has 2 aliphatic rings. The highest BCUT2D eigenvalue weighted by atomic mass is 32.2. The lowest BCUT2D eigenvalue weighted by molar-refractivity contribution is 0.0123. The van der Waals surface area contributed by atoms with Crippen LogP contribution in [0.15, 0.2) is 35.4 Å². The Hall–Kier alpha value is -2.68. The molecular formula is C24H29FN2O5S. The Morgan fingerprint density at radius 2 is 1.91 bits per heavy atom. The van der Waals surface area contributed by atoms with Crippen molar-refractivity contribution in [2.75, 3.05) is 19.3 Å². The third-order valence-corrected chi connectivity index (χ3v) is 7.12. The number of nitrogens with zero attached hydrogens (tertiary/aromatic N) is 2. The lowest BCUT2D eigenvalue weighted by Crippen LogP contribution is -2.44. The Labute approximate surface area is 193 Å². The van der Waals surface area contributed by atoms with Gasteiger partial charge in [-0.2, -0.15) is 0 Å². The predicted molar refractivity (Wildman–Crippen MR) is 121 cm³/mol. The van der Waals surface area contributed by atoms with Gasteiger partial charge >= 0.3 is 6.09 Å². The molecule has 1 aromatic carbocycles. The number of ether oxygens (including phenoxy) is 2. The number of benzene rings is 1. The van der Waals surface area contributed by atoms with Crippen LogP contribution >= 0.6 is 0 Å². The van der Waals surface area contributed by atoms with E-state index in [1.165, 1.54) is 12.1 Å². The molecule has 1 amide bonds. The van der Waals surface area contributed by atoms with Gasteiger partial charge in [-0.05, 0) is 63.8 Å². The maximum absolute atomic E-state index is 14.6. The van der Waals surface area contributed by atoms with Crippen molar-refractivity contribution in [1.29, 1.82) is 0 Å². The van der Waals surface area contributed by atoms with Crippen molar-refractivity contribution in [3.05, 3.63) is 41.8 Å². The summed E-state index contributed by atoms with van der Waals surface area (Å²) in [6, 6.07) is 5.67. The number of fused-ring (bicyclic) bond motifs is 1. The van der Waals surface area contributed by atoms with Crippen molar-refractivity contribution in [2.45, 2.75) is 56.6 Å². The predicted octanol–water partition coefficient (Wildman–Crippen LogP) is 4.24. The Kier molecular flexibility index (Phi) is 6.11. The van der Waals surface area contributed by atoms with Gasteiger partial charge in [0.05, 0.1) is 16.8 Å². The molecule has 7 nitrogen and oxygen atoms in total. The fourth-order valence-electron chi connectivity index (χ4n) is 4.30. The summed E-state index contributed by atoms with van der Waals surface area (Å²) in [5, 5.41) is 0. The number of carbonyl (C=O) groups is 1. The first-order valence-corrected chi connectivity index (χ1v) is 12.9. The van der Waals surface area contributed by atoms with E-state index in [2.05, 4.69) is 4.98 Å². The molecule has 33 heavy (non-hydrogen) atoms. The second-order valence-electron chi connectivity index (χ2n) is 9.76. The number of carbonyl (C=O) groups excluding carboxylic acids is 1. The second-order valence-corrected chi connectivity index (χ2v) is 11.8. The number of rotatable bonds is 3. The topological polar surface area (TPSA) is 85.8 Å². The maximum Gasteiger partial charge on any atom is 0.410 e. The summed E-state index contributed by atoms with van der Waals surface area (Å²) in [5.41, 5.74) is 1.13. The summed E-state index contributed by atoms with van der Waals surface area (Å²) < 4.78 is 49.5. The van der Waals surface area contributed by atoms with Gasteiger partial charge in [0.1, 0.15) is 23.3 Å². The van der Waals surface area contributed by atoms with E-state index in [9.17, 15) is 17.6 Å². The molecule has 2 aliphatic heterocycles. The first kappa shape index (κ1) is 23.5. The first-order valence-electron chi connectivity index (χ1n) is 11.0. The van der Waals surface area contributed by atoms with E-state index in [0.29, 0.717) is 36.9 Å². The standard InChI is InChI=1S/C24H29FN2O5S/c1-24(2,3)32-23(28)27-9-7-15(8-10-27)21-12-16-11-20(26-14-22(16)31-21)18-6-5-17(13-19(18)25)33(4,29)30/h5-6,11,13-15,21H,7-10,12H2,1-4H3. The number of piperidine rings is 1. The fraction of sp³-hybridized carbons (Fsp3) is 0.500. The zero-order valence-electron chi connectivity index (χ0n) is 19.3. The minimum atomic E-state index is -3.48. The zero-order valence-corrected chi connectivity index (χ0v) is 20.1. The molecule has 1 atom stereocenters. The van der Waals surface area contributed by atoms with Crippen molar-refractivity contribution < 1.29 is 27.1 Å². The molecule has 0 aliphatic carbocycles. The summed E-state index contributed by atoms with van der Waals surface area (Å²) in [7, 11) is -3.48. The van der Waals surface area contributed by atoms with Gasteiger partial charge in [-0.15, -0.1) is 0 Å². The van der Waals surface area contributed by atoms with Crippen molar-refractivity contribution >= 4 is 15.9 Å². The highest BCUT2D eigenvalue weighted by Crippen LogP contribution is 2.37. The van der Waals surface area contributed by atoms with Crippen LogP contribution in [0.4, 0.5) is 9.18 Å². The van der Waals surface area contributed by atoms with Gasteiger partial charge in [-0.1, -0.05) is 0 Å². The molecule has 3 heterocycles. The Bertz CT molecular complexity index is 1170. The van der Waals surface area contributed by atoms with E-state index in [1.54, 1.807) is 11.1 Å². The number of hydrogen-bond donors (Lipinski definition) is 0. The van der Waals surface area contributed by atoms with Gasteiger partial charge in [0.2, 0.25) is 0 Å². The third kappa shape index (κ3) is 5.29. The highest BCUT2D eigenvalue weighted by Gasteiger charge is 2.35. The quantitative estimate of drug-likeness (QED) is 0.659. The molecule has 0 radical (unpaired) electrons. The number of hydrogen-bond acceptors (Lipinski definition) is 6. The summed E-state index contributed by atoms with van der Waals surface area (Å²) in [5.74, 6) is 0.354. The van der Waals surface area contributed by atoms with Crippen LogP contribution in [-0.2, 0) is 21.0 Å². The SMILES string of the molecule is CC(C)(C)OC(=O)N1CCC(C2Cc3cc(-c4ccc(S(C)(=O)=O)cc4F)ncc3O2)CC1. The molecular weight excluding hydrogens is 447 g/mol. The average Bonchev–Trinajstić information content (AvgIpc) is 3.15. The monoisotopic (exact) mass is 476 g/mol. The van der Waals surface area contributed by atoms with Crippen LogP contribution in [0.25, 0.3) is 11.3 Å². The normalized spacial score (nSPS) is 19.2. The molecule has 0 bridgehead atoms. The van der Waals surface area contributed by atoms with Crippen LogP contribution in [0.3, 0.4) is 0 Å². The number of amides is 1. The van der Waals surface area contributed by atoms with Crippen LogP contribution in [-0.4, -0.2) is 55.4 Å². The third-order valence-electron chi connectivity index (χ3n) is 6.01. The lowest BCUT2D eigenvalue weighted by atomic mass is 9.89. The van der Waals surface area contributed by atoms with Crippen LogP contribution < -0.4 is 4.74 Å². The molecule has 1 unspecified atom stereocenters. The van der Waals surface area contributed by atoms with Gasteiger partial charge in [0.25, 0.3) is 0 Å². The van der Waals surface area contributed by atoms with Crippen molar-refractivity contribution in [3.8, 4) is 17.0 Å². The van der Waals surface area contributed by atoms with Gasteiger partial charge in [-0.25, -0.2) is 17.6 Å². The molecule has 1 aromatic heterocycles. The summed E-state index contributed by atoms with van der Waals surface area (Å²) in [6.07, 6.45) is 4.67. The first-order chi connectivity index (χ1) is 15.4. The average molecular weight is 477 g/mol. The van der Waals surface area contributed by atoms with E-state index in [1.807, 2.05) is 26.8 Å². The molecule has 2 aromatic rings. The number of aromatic nitrogens is 1. The highest BCUT2D eigenvalue weighted by molar-refractivity contribution is 7.90. The van der Waals surface area contributed by atoms with Crippen molar-refractivity contribution in [2.24, 2.45) is 5.92 Å². The molecule has 178 valence electrons. The van der Waals surface area contributed by atoms with Crippen LogP contribution in [0.5, 0.6) is 5.75 Å². The molecule has 1 fully saturated rings. The van der Waals surface area contributed by atoms with Crippen molar-refractivity contribution in [1.82, 2.24) is 9.88 Å². The van der Waals surface area contributed by atoms with Gasteiger partial charge in [0, 0.05) is 36.9 Å². The van der Waals surface area contributed by atoms with Crippen LogP contribution in [0.1, 0.15) is 39.2 Å². The molecule has 0 spiro atoms. The molecule has 0 saturated carbocycles. The van der Waals surface area contributed by atoms with Gasteiger partial charge < -0.3 is 14.4 Å². The van der Waals surface area contributed by atoms with Crippen LogP contribution in [0.2, 0.25) is 0 Å². The van der Waals surface area contributed by atoms with Gasteiger partial charge in [-0.3, -0.25) is 4.98 Å². The number of likely N-dealkylation sites (tertiary alicyclic amines) is 1. The smallest absolute Gasteiger partial charge is 0.410 e. The lowest BCUT2D eigenvalue weighted by Gasteiger charge is -2.35. The zero-order chi connectivity index (χ0) is 24.0. The van der Waals surface area contributed by atoms with E-state index in [0.717, 1.165) is 30.7 Å². The Morgan fingerprint density at radius 3 is 2.52 bits per heavy atom. The Balaban J connectivity index is 1.42. The summed E-state index contributed by atoms with van der Waals surface area (Å²) in [4.78, 5) is 18.3. The maximum atomic E-state index is 14.6. The summed E-state index contributed by atoms with van der Waals surface area (Å²) in [6.45, 7) is 6.81. The van der Waals surface area contributed by atoms with E-state index < -0.39 is 21.3 Å². The van der Waals surface area contributed by atoms with Crippen LogP contribution in [0, 0.1) is 11.7 Å². The number of pyridine rings is 1. The summed E-state index contributed by atoms with van der Waals surface area (Å²) >= 11 is 0. The second kappa shape index (κ2) is 8.59. The minimum absolute atomic E-state index is 0.0182. The van der Waals surface area contributed by atoms with Crippen molar-refractivity contribution in [3.63, 3.8) is 0 Å². The fourth-order valence-corrected chi connectivity index (χ4v) is 4.93.